The average molecular weight is 1300 g/mol. The first-order valence-electron chi connectivity index (χ1n) is 26.9. The Kier molecular flexibility index (Phi) is 35.3. The van der Waals surface area contributed by atoms with Gasteiger partial charge in [-0.2, -0.15) is 11.1 Å². The van der Waals surface area contributed by atoms with Crippen molar-refractivity contribution in [2.24, 2.45) is 0 Å². The molecule has 0 saturated heterocycles. The first kappa shape index (κ1) is 86.4. The van der Waals surface area contributed by atoms with Crippen LogP contribution in [0.3, 0.4) is 0 Å². The summed E-state index contributed by atoms with van der Waals surface area (Å²) < 4.78 is 34.9. The van der Waals surface area contributed by atoms with Gasteiger partial charge in [-0.15, -0.1) is 12.4 Å². The molecule has 0 unspecified atom stereocenters. The maximum absolute atomic E-state index is 12.1. The largest absolute Gasteiger partial charge is 1.00 e. The van der Waals surface area contributed by atoms with Gasteiger partial charge in [0, 0.05) is 24.3 Å². The fraction of sp³-hybridized carbons (Fsp3) is 0.567. The molecule has 0 atom stereocenters. The molecular formula is C60H108AlCl2LiO14Si5. The van der Waals surface area contributed by atoms with E-state index < -0.39 is 46.6 Å². The molecule has 83 heavy (non-hydrogen) atoms. The number of methoxy groups -OCH3 is 2. The smallest absolute Gasteiger partial charge is 1.00 e. The number of phenols is 4. The van der Waals surface area contributed by atoms with Gasteiger partial charge in [0.2, 0.25) is 33.3 Å². The number of halogens is 2. The molecule has 0 amide bonds. The summed E-state index contributed by atoms with van der Waals surface area (Å²) in [6.07, 6.45) is 0. The first-order valence-corrected chi connectivity index (χ1v) is 42.5. The molecule has 14 nitrogen and oxygen atoms in total. The van der Waals surface area contributed by atoms with Gasteiger partial charge in [-0.05, 0) is 137 Å². The van der Waals surface area contributed by atoms with Crippen molar-refractivity contribution in [2.45, 2.75) is 208 Å². The van der Waals surface area contributed by atoms with Gasteiger partial charge < -0.3 is 59.2 Å². The number of hydrogen-bond donors (Lipinski definition) is 6. The molecule has 23 heteroatoms. The van der Waals surface area contributed by atoms with Gasteiger partial charge in [-0.1, -0.05) is 117 Å². The van der Waals surface area contributed by atoms with E-state index in [9.17, 15) is 14.7 Å². The number of esters is 2. The predicted octanol–water partition coefficient (Wildman–Crippen LogP) is 13.2. The Bertz CT molecular complexity index is 2500. The van der Waals surface area contributed by atoms with Crippen molar-refractivity contribution < 1.29 is 87.7 Å². The van der Waals surface area contributed by atoms with Gasteiger partial charge in [-0.25, -0.2) is 9.59 Å². The molecule has 0 aliphatic rings. The molecule has 4 aromatic rings. The minimum atomic E-state index is -2.03. The van der Waals surface area contributed by atoms with Gasteiger partial charge in [0.15, 0.2) is 24.7 Å². The van der Waals surface area contributed by atoms with Crippen LogP contribution in [0.1, 0.15) is 137 Å². The van der Waals surface area contributed by atoms with Gasteiger partial charge in [0.05, 0.1) is 38.6 Å². The molecule has 0 fully saturated rings. The van der Waals surface area contributed by atoms with Gasteiger partial charge in [-0.3, -0.25) is 0 Å². The minimum absolute atomic E-state index is 0. The van der Waals surface area contributed by atoms with Crippen molar-refractivity contribution in [3.05, 3.63) is 95.1 Å². The Labute approximate surface area is 540 Å². The molecule has 0 spiro atoms. The summed E-state index contributed by atoms with van der Waals surface area (Å²) in [5, 5.41) is 54.6. The zero-order valence-electron chi connectivity index (χ0n) is 56.1. The number of aromatic hydroxyl groups is 4. The normalized spacial score (nSPS) is 12.1. The zero-order valence-corrected chi connectivity index (χ0v) is 61.7. The van der Waals surface area contributed by atoms with E-state index in [-0.39, 0.29) is 118 Å². The summed E-state index contributed by atoms with van der Waals surface area (Å²) in [5.41, 5.74) is 1.91. The van der Waals surface area contributed by atoms with Crippen LogP contribution in [-0.2, 0) is 22.7 Å². The first-order chi connectivity index (χ1) is 35.7. The van der Waals surface area contributed by atoms with Crippen molar-refractivity contribution in [3.63, 3.8) is 0 Å². The van der Waals surface area contributed by atoms with Crippen LogP contribution < -0.4 is 36.6 Å². The Hall–Kier alpha value is -3.07. The fourth-order valence-corrected chi connectivity index (χ4v) is 9.19. The number of aliphatic hydroxyl groups excluding tert-OH is 2. The molecule has 0 saturated carbocycles. The van der Waals surface area contributed by atoms with Gasteiger partial charge in [0.1, 0.15) is 46.0 Å². The topological polar surface area (TPSA) is 211 Å². The van der Waals surface area contributed by atoms with E-state index >= 15 is 0 Å². The molecule has 6 N–H and O–H groups in total. The molecule has 0 heterocycles. The van der Waals surface area contributed by atoms with Crippen LogP contribution in [0, 0.1) is 0 Å². The van der Waals surface area contributed by atoms with E-state index in [1.54, 1.807) is 12.1 Å². The number of benzene rings is 4. The maximum Gasteiger partial charge on any atom is 1.00 e. The second-order valence-electron chi connectivity index (χ2n) is 27.6. The van der Waals surface area contributed by atoms with Crippen molar-refractivity contribution >= 4 is 93.4 Å². The molecule has 0 radical (unpaired) electrons. The SMILES string of the molecule is CC(C)(C)[Si](C)(C)Cl.CC(C)(C)[Si](C)(C)Oc1cc(CO)cc(O[Si](C)(C)C(C)(C)C)c1.COC(=O)c1cc(O)cc(O)c1.COC(=O)c1cc(O[Si](C)(C)C(C)(C)C)cc(O[Si](C)(C)C(C)(C)C)c1.Cl.OCc1cc(O)cc(O)c1.[AlH3].[H-].[Li+]. The Morgan fingerprint density at radius 2 is 0.614 bits per heavy atom. The zero-order chi connectivity index (χ0) is 63.2. The van der Waals surface area contributed by atoms with Crippen LogP contribution in [0.2, 0.25) is 90.7 Å². The van der Waals surface area contributed by atoms with E-state index in [2.05, 4.69) is 174 Å². The van der Waals surface area contributed by atoms with E-state index in [0.717, 1.165) is 23.1 Å². The summed E-state index contributed by atoms with van der Waals surface area (Å²) in [4.78, 5) is 23.0. The summed E-state index contributed by atoms with van der Waals surface area (Å²) in [6.45, 7) is 54.9. The quantitative estimate of drug-likeness (QED) is 0.0443. The second kappa shape index (κ2) is 33.9. The average Bonchev–Trinajstić information content (AvgIpc) is 3.25. The number of rotatable bonds is 12. The van der Waals surface area contributed by atoms with E-state index in [1.807, 2.05) is 24.3 Å². The molecule has 470 valence electrons. The molecule has 0 aliphatic carbocycles. The molecular weight excluding hydrogens is 1190 g/mol. The minimum Gasteiger partial charge on any atom is -1.00 e. The standard InChI is InChI=1S/C20H36O4Si2.C19H36O3Si2.C8H8O4.C7H8O3.C6H15ClSi.Al.ClH.Li.4H/c1-19(2,3)25(8,9)23-16-12-15(18(21)22-7)13-17(14-16)24-26(10,11)20(4,5)6;1-18(2,3)23(7,8)21-16-11-15(14-20)12-17(13-16)22-24(9,10)19(4,5)6;1-12-8(11)5-2-6(9)4-7(10)3-5;8-4-5-1-6(9)3-7(10)2-5;1-6(2,3)8(4,5)7;;;;;;;/h12-14H,1-11H3;11-13,20H,14H2,1-10H3;2-4,9-10H,1H3;1-3,8-10H,4H2;1-5H3;;1H;;;;;/q;;;;;;;+1;;;;-1. The molecule has 0 aromatic heterocycles. The van der Waals surface area contributed by atoms with Crippen LogP contribution in [-0.4, -0.2) is 115 Å². The van der Waals surface area contributed by atoms with Gasteiger partial charge >= 0.3 is 30.8 Å². The van der Waals surface area contributed by atoms with E-state index in [0.29, 0.717) is 27.7 Å². The van der Waals surface area contributed by atoms with Crippen molar-refractivity contribution in [1.82, 2.24) is 0 Å². The third-order valence-electron chi connectivity index (χ3n) is 15.4. The van der Waals surface area contributed by atoms with Crippen LogP contribution in [0.25, 0.3) is 0 Å². The Morgan fingerprint density at radius 3 is 0.819 bits per heavy atom. The van der Waals surface area contributed by atoms with Gasteiger partial charge in [0.25, 0.3) is 0 Å². The Balaban J connectivity index is -0.000000327. The summed E-state index contributed by atoms with van der Waals surface area (Å²) >= 11 is 6.15. The second-order valence-corrected chi connectivity index (χ2v) is 53.8. The van der Waals surface area contributed by atoms with E-state index in [4.69, 9.17) is 59.1 Å². The summed E-state index contributed by atoms with van der Waals surface area (Å²) in [6, 6.07) is 18.8. The molecule has 0 aliphatic heterocycles. The van der Waals surface area contributed by atoms with Crippen LogP contribution >= 0.6 is 23.5 Å². The van der Waals surface area contributed by atoms with Crippen LogP contribution in [0.5, 0.6) is 46.0 Å². The third kappa shape index (κ3) is 29.5. The Morgan fingerprint density at radius 1 is 0.410 bits per heavy atom. The number of phenolic OH excluding ortho intramolecular Hbond substituents is 4. The monoisotopic (exact) mass is 1300 g/mol. The number of carbonyl (C=O) groups is 2. The summed E-state index contributed by atoms with van der Waals surface area (Å²) in [7, 11) is -6.68. The van der Waals surface area contributed by atoms with Crippen LogP contribution in [0.4, 0.5) is 0 Å². The molecule has 4 aromatic carbocycles. The number of aliphatic hydroxyl groups is 2. The van der Waals surface area contributed by atoms with E-state index in [1.165, 1.54) is 44.6 Å². The number of ether oxygens (including phenoxy) is 2. The molecule has 0 bridgehead atoms. The molecule has 4 rings (SSSR count). The summed E-state index contributed by atoms with van der Waals surface area (Å²) in [5.74, 6) is 1.57. The van der Waals surface area contributed by atoms with Crippen molar-refractivity contribution in [1.29, 1.82) is 0 Å². The number of carbonyl (C=O) groups excluding carboxylic acids is 2. The third-order valence-corrected chi connectivity index (χ3v) is 38.1. The van der Waals surface area contributed by atoms with Crippen molar-refractivity contribution in [2.75, 3.05) is 14.2 Å². The predicted molar refractivity (Wildman–Crippen MR) is 360 cm³/mol. The van der Waals surface area contributed by atoms with Crippen LogP contribution in [0.15, 0.2) is 72.8 Å². The maximum atomic E-state index is 12.1. The number of hydrogen-bond acceptors (Lipinski definition) is 14. The fourth-order valence-electron chi connectivity index (χ4n) is 5.13. The van der Waals surface area contributed by atoms with Crippen molar-refractivity contribution in [3.8, 4) is 46.0 Å².